The van der Waals surface area contributed by atoms with Crippen molar-refractivity contribution in [3.63, 3.8) is 0 Å². The predicted molar refractivity (Wildman–Crippen MR) is 82.1 cm³/mol. The Balaban J connectivity index is 2.11. The van der Waals surface area contributed by atoms with Crippen LogP contribution in [0.25, 0.3) is 10.9 Å². The van der Waals surface area contributed by atoms with Gasteiger partial charge in [0.15, 0.2) is 5.78 Å². The first-order chi connectivity index (χ1) is 10.2. The monoisotopic (exact) mass is 281 g/mol. The molecule has 0 unspecified atom stereocenters. The van der Waals surface area contributed by atoms with Gasteiger partial charge in [0.2, 0.25) is 0 Å². The van der Waals surface area contributed by atoms with Crippen LogP contribution >= 0.6 is 0 Å². The molecule has 106 valence electrons. The summed E-state index contributed by atoms with van der Waals surface area (Å²) in [6.07, 6.45) is 2.91. The number of aryl methyl sites for hydroxylation is 1. The van der Waals surface area contributed by atoms with E-state index in [4.69, 9.17) is 0 Å². The standard InChI is InChI=1S/C18H16FNO/c1-2-11-20-12-16(15-5-3-4-6-17(15)20)18(21)13-7-9-14(19)10-8-13/h3-10,12H,2,11H2,1H3. The van der Waals surface area contributed by atoms with Crippen LogP contribution in [0.4, 0.5) is 4.39 Å². The molecule has 0 fully saturated rings. The fraction of sp³-hybridized carbons (Fsp3) is 0.167. The predicted octanol–water partition coefficient (Wildman–Crippen LogP) is 4.42. The lowest BCUT2D eigenvalue weighted by Crippen LogP contribution is -2.01. The molecule has 2 nitrogen and oxygen atoms in total. The van der Waals surface area contributed by atoms with E-state index in [0.29, 0.717) is 11.1 Å². The summed E-state index contributed by atoms with van der Waals surface area (Å²) in [6, 6.07) is 13.6. The van der Waals surface area contributed by atoms with Gasteiger partial charge in [-0.15, -0.1) is 0 Å². The van der Waals surface area contributed by atoms with Gasteiger partial charge in [-0.25, -0.2) is 4.39 Å². The minimum atomic E-state index is -0.333. The molecule has 0 bridgehead atoms. The van der Waals surface area contributed by atoms with Crippen LogP contribution in [-0.2, 0) is 6.54 Å². The van der Waals surface area contributed by atoms with Gasteiger partial charge in [0.1, 0.15) is 5.82 Å². The number of rotatable bonds is 4. The number of carbonyl (C=O) groups is 1. The molecule has 0 N–H and O–H groups in total. The third-order valence-corrected chi connectivity index (χ3v) is 3.60. The molecular formula is C18H16FNO. The van der Waals surface area contributed by atoms with Crippen molar-refractivity contribution >= 4 is 16.7 Å². The number of halogens is 1. The van der Waals surface area contributed by atoms with Crippen LogP contribution in [0.2, 0.25) is 0 Å². The van der Waals surface area contributed by atoms with Gasteiger partial charge in [-0.05, 0) is 36.8 Å². The van der Waals surface area contributed by atoms with Crippen molar-refractivity contribution in [3.8, 4) is 0 Å². The van der Waals surface area contributed by atoms with Crippen LogP contribution in [0.1, 0.15) is 29.3 Å². The van der Waals surface area contributed by atoms with E-state index in [1.165, 1.54) is 24.3 Å². The number of ketones is 1. The van der Waals surface area contributed by atoms with E-state index in [1.807, 2.05) is 30.5 Å². The van der Waals surface area contributed by atoms with Crippen molar-refractivity contribution in [1.29, 1.82) is 0 Å². The summed E-state index contributed by atoms with van der Waals surface area (Å²) in [4.78, 5) is 12.7. The molecule has 0 aliphatic heterocycles. The zero-order valence-corrected chi connectivity index (χ0v) is 11.8. The summed E-state index contributed by atoms with van der Waals surface area (Å²) in [5.41, 5.74) is 2.24. The van der Waals surface area contributed by atoms with Gasteiger partial charge >= 0.3 is 0 Å². The summed E-state index contributed by atoms with van der Waals surface area (Å²) in [5.74, 6) is -0.402. The molecule has 1 heterocycles. The van der Waals surface area contributed by atoms with Crippen LogP contribution in [0.15, 0.2) is 54.7 Å². The highest BCUT2D eigenvalue weighted by Gasteiger charge is 2.16. The molecule has 21 heavy (non-hydrogen) atoms. The first-order valence-electron chi connectivity index (χ1n) is 7.09. The van der Waals surface area contributed by atoms with Crippen LogP contribution in [0.5, 0.6) is 0 Å². The molecule has 0 radical (unpaired) electrons. The lowest BCUT2D eigenvalue weighted by atomic mass is 10.0. The number of hydrogen-bond acceptors (Lipinski definition) is 1. The summed E-state index contributed by atoms with van der Waals surface area (Å²) in [7, 11) is 0. The van der Waals surface area contributed by atoms with Crippen LogP contribution in [0, 0.1) is 5.82 Å². The second-order valence-electron chi connectivity index (χ2n) is 5.09. The van der Waals surface area contributed by atoms with Crippen molar-refractivity contribution < 1.29 is 9.18 Å². The molecule has 0 amide bonds. The third-order valence-electron chi connectivity index (χ3n) is 3.60. The molecule has 3 rings (SSSR count). The van der Waals surface area contributed by atoms with Crippen molar-refractivity contribution in [1.82, 2.24) is 4.57 Å². The Labute approximate surface area is 122 Å². The largest absolute Gasteiger partial charge is 0.347 e. The topological polar surface area (TPSA) is 22.0 Å². The number of carbonyl (C=O) groups excluding carboxylic acids is 1. The molecule has 0 spiro atoms. The Kier molecular flexibility index (Phi) is 3.57. The van der Waals surface area contributed by atoms with Crippen LogP contribution < -0.4 is 0 Å². The van der Waals surface area contributed by atoms with Crippen LogP contribution in [-0.4, -0.2) is 10.4 Å². The van der Waals surface area contributed by atoms with E-state index in [9.17, 15) is 9.18 Å². The van der Waals surface area contributed by atoms with Crippen molar-refractivity contribution in [3.05, 3.63) is 71.7 Å². The number of para-hydroxylation sites is 1. The summed E-state index contributed by atoms with van der Waals surface area (Å²) in [5, 5.41) is 0.945. The summed E-state index contributed by atoms with van der Waals surface area (Å²) >= 11 is 0. The smallest absolute Gasteiger partial charge is 0.195 e. The minimum Gasteiger partial charge on any atom is -0.347 e. The van der Waals surface area contributed by atoms with Gasteiger partial charge < -0.3 is 4.57 Å². The Morgan fingerprint density at radius 2 is 1.81 bits per heavy atom. The van der Waals surface area contributed by atoms with Gasteiger partial charge in [-0.3, -0.25) is 4.79 Å². The first kappa shape index (κ1) is 13.6. The zero-order valence-electron chi connectivity index (χ0n) is 11.8. The van der Waals surface area contributed by atoms with Crippen LogP contribution in [0.3, 0.4) is 0 Å². The van der Waals surface area contributed by atoms with Gasteiger partial charge in [0.25, 0.3) is 0 Å². The number of aromatic nitrogens is 1. The van der Waals surface area contributed by atoms with Crippen molar-refractivity contribution in [2.75, 3.05) is 0 Å². The molecule has 0 aliphatic carbocycles. The van der Waals surface area contributed by atoms with Gasteiger partial charge in [-0.1, -0.05) is 25.1 Å². The number of nitrogens with zero attached hydrogens (tertiary/aromatic N) is 1. The fourth-order valence-electron chi connectivity index (χ4n) is 2.61. The molecule has 0 aliphatic rings. The van der Waals surface area contributed by atoms with E-state index in [2.05, 4.69) is 11.5 Å². The molecular weight excluding hydrogens is 265 g/mol. The van der Waals surface area contributed by atoms with E-state index in [0.717, 1.165) is 23.9 Å². The highest BCUT2D eigenvalue weighted by molar-refractivity contribution is 6.16. The summed E-state index contributed by atoms with van der Waals surface area (Å²) in [6.45, 7) is 2.98. The second-order valence-corrected chi connectivity index (χ2v) is 5.09. The second kappa shape index (κ2) is 5.52. The van der Waals surface area contributed by atoms with Gasteiger partial charge in [0.05, 0.1) is 0 Å². The minimum absolute atomic E-state index is 0.0685. The van der Waals surface area contributed by atoms with E-state index < -0.39 is 0 Å². The van der Waals surface area contributed by atoms with Gasteiger partial charge in [0, 0.05) is 34.8 Å². The number of benzene rings is 2. The van der Waals surface area contributed by atoms with E-state index >= 15 is 0 Å². The average Bonchev–Trinajstić information content (AvgIpc) is 2.87. The lowest BCUT2D eigenvalue weighted by Gasteiger charge is -2.00. The molecule has 3 aromatic rings. The maximum atomic E-state index is 13.0. The first-order valence-corrected chi connectivity index (χ1v) is 7.09. The zero-order chi connectivity index (χ0) is 14.8. The summed E-state index contributed by atoms with van der Waals surface area (Å²) < 4.78 is 15.1. The van der Waals surface area contributed by atoms with Crippen molar-refractivity contribution in [2.24, 2.45) is 0 Å². The lowest BCUT2D eigenvalue weighted by molar-refractivity contribution is 0.104. The van der Waals surface area contributed by atoms with Gasteiger partial charge in [-0.2, -0.15) is 0 Å². The highest BCUT2D eigenvalue weighted by atomic mass is 19.1. The molecule has 2 aromatic carbocycles. The normalized spacial score (nSPS) is 11.0. The Morgan fingerprint density at radius 1 is 1.10 bits per heavy atom. The maximum Gasteiger partial charge on any atom is 0.195 e. The molecule has 0 atom stereocenters. The Bertz CT molecular complexity index is 787. The number of hydrogen-bond donors (Lipinski definition) is 0. The van der Waals surface area contributed by atoms with Crippen molar-refractivity contribution in [2.45, 2.75) is 19.9 Å². The maximum absolute atomic E-state index is 13.0. The third kappa shape index (κ3) is 2.47. The Morgan fingerprint density at radius 3 is 2.52 bits per heavy atom. The molecule has 1 aromatic heterocycles. The molecule has 3 heteroatoms. The quantitative estimate of drug-likeness (QED) is 0.649. The Hall–Kier alpha value is -2.42. The SMILES string of the molecule is CCCn1cc(C(=O)c2ccc(F)cc2)c2ccccc21. The fourth-order valence-corrected chi connectivity index (χ4v) is 2.61. The van der Waals surface area contributed by atoms with E-state index in [1.54, 1.807) is 0 Å². The number of fused-ring (bicyclic) bond motifs is 1. The average molecular weight is 281 g/mol. The molecule has 0 saturated carbocycles. The molecule has 0 saturated heterocycles. The highest BCUT2D eigenvalue weighted by Crippen LogP contribution is 2.24. The van der Waals surface area contributed by atoms with E-state index in [-0.39, 0.29) is 11.6 Å².